The van der Waals surface area contributed by atoms with Gasteiger partial charge in [0.2, 0.25) is 0 Å². The van der Waals surface area contributed by atoms with Crippen LogP contribution in [-0.2, 0) is 9.53 Å². The molecule has 0 aliphatic rings. The summed E-state index contributed by atoms with van der Waals surface area (Å²) >= 11 is 0. The second-order valence-corrected chi connectivity index (χ2v) is 3.87. The largest absolute Gasteiger partial charge is 0.462 e. The molecule has 0 aliphatic carbocycles. The lowest BCUT2D eigenvalue weighted by molar-refractivity contribution is -0.140. The van der Waals surface area contributed by atoms with Gasteiger partial charge in [-0.05, 0) is 25.7 Å². The summed E-state index contributed by atoms with van der Waals surface area (Å²) in [4.78, 5) is 11.1. The lowest BCUT2D eigenvalue weighted by Crippen LogP contribution is -2.14. The predicted octanol–water partition coefficient (Wildman–Crippen LogP) is 2.29. The number of esters is 1. The molecule has 3 nitrogen and oxygen atoms in total. The van der Waals surface area contributed by atoms with Crippen LogP contribution < -0.4 is 0 Å². The lowest BCUT2D eigenvalue weighted by atomic mass is 10.0. The molecule has 0 aromatic carbocycles. The summed E-state index contributed by atoms with van der Waals surface area (Å²) in [6, 6.07) is 0. The van der Waals surface area contributed by atoms with Crippen molar-refractivity contribution in [1.82, 2.24) is 0 Å². The van der Waals surface area contributed by atoms with Crippen LogP contribution >= 0.6 is 0 Å². The minimum absolute atomic E-state index is 0.238. The van der Waals surface area contributed by atoms with E-state index in [4.69, 9.17) is 9.84 Å². The molecule has 0 bridgehead atoms. The molecule has 0 fully saturated rings. The van der Waals surface area contributed by atoms with Gasteiger partial charge in [-0.2, -0.15) is 0 Å². The maximum absolute atomic E-state index is 11.1. The Morgan fingerprint density at radius 1 is 1.47 bits per heavy atom. The van der Waals surface area contributed by atoms with Gasteiger partial charge in [-0.15, -0.1) is 0 Å². The Labute approximate surface area is 92.1 Å². The van der Waals surface area contributed by atoms with Crippen molar-refractivity contribution in [3.8, 4) is 0 Å². The van der Waals surface area contributed by atoms with Crippen LogP contribution in [0.15, 0.2) is 12.2 Å². The van der Waals surface area contributed by atoms with E-state index in [1.807, 2.05) is 0 Å². The fraction of sp³-hybridized carbons (Fsp3) is 0.750. The van der Waals surface area contributed by atoms with Gasteiger partial charge >= 0.3 is 5.97 Å². The quantitative estimate of drug-likeness (QED) is 0.383. The van der Waals surface area contributed by atoms with E-state index in [1.165, 1.54) is 0 Å². The third-order valence-electron chi connectivity index (χ3n) is 2.40. The summed E-state index contributed by atoms with van der Waals surface area (Å²) in [6.07, 6.45) is 3.81. The van der Waals surface area contributed by atoms with E-state index in [1.54, 1.807) is 6.92 Å². The monoisotopic (exact) mass is 214 g/mol. The molecule has 0 aromatic rings. The maximum Gasteiger partial charge on any atom is 0.333 e. The van der Waals surface area contributed by atoms with Gasteiger partial charge in [0.25, 0.3) is 0 Å². The van der Waals surface area contributed by atoms with Gasteiger partial charge in [0.05, 0.1) is 6.61 Å². The summed E-state index contributed by atoms with van der Waals surface area (Å²) < 4.78 is 5.09. The molecule has 1 unspecified atom stereocenters. The number of aliphatic hydroxyl groups excluding tert-OH is 1. The first-order valence-electron chi connectivity index (χ1n) is 5.55. The second-order valence-electron chi connectivity index (χ2n) is 3.87. The molecule has 0 amide bonds. The molecule has 0 radical (unpaired) electrons. The van der Waals surface area contributed by atoms with E-state index in [-0.39, 0.29) is 12.6 Å². The molecule has 0 saturated heterocycles. The van der Waals surface area contributed by atoms with Gasteiger partial charge in [-0.3, -0.25) is 0 Å². The topological polar surface area (TPSA) is 46.5 Å². The molecule has 0 spiro atoms. The van der Waals surface area contributed by atoms with E-state index in [2.05, 4.69) is 13.5 Å². The van der Waals surface area contributed by atoms with Crippen LogP contribution in [0.4, 0.5) is 0 Å². The molecule has 0 saturated carbocycles. The van der Waals surface area contributed by atoms with Crippen LogP contribution in [0.1, 0.15) is 39.5 Å². The fourth-order valence-electron chi connectivity index (χ4n) is 1.27. The highest BCUT2D eigenvalue weighted by Gasteiger charge is 2.10. The first-order chi connectivity index (χ1) is 7.11. The second kappa shape index (κ2) is 8.48. The lowest BCUT2D eigenvalue weighted by Gasteiger charge is -2.14. The van der Waals surface area contributed by atoms with Gasteiger partial charge < -0.3 is 9.84 Å². The molecule has 88 valence electrons. The van der Waals surface area contributed by atoms with Crippen LogP contribution in [0.3, 0.4) is 0 Å². The predicted molar refractivity (Wildman–Crippen MR) is 60.5 cm³/mol. The van der Waals surface area contributed by atoms with E-state index >= 15 is 0 Å². The van der Waals surface area contributed by atoms with E-state index < -0.39 is 0 Å². The minimum atomic E-state index is -0.310. The number of aliphatic hydroxyl groups is 1. The van der Waals surface area contributed by atoms with Gasteiger partial charge in [-0.25, -0.2) is 4.79 Å². The van der Waals surface area contributed by atoms with Gasteiger partial charge in [0.15, 0.2) is 0 Å². The van der Waals surface area contributed by atoms with Crippen LogP contribution in [-0.4, -0.2) is 24.3 Å². The smallest absolute Gasteiger partial charge is 0.333 e. The number of carbonyl (C=O) groups excluding carboxylic acids is 1. The zero-order valence-corrected chi connectivity index (χ0v) is 9.79. The highest BCUT2D eigenvalue weighted by Crippen LogP contribution is 2.13. The Morgan fingerprint density at radius 3 is 2.60 bits per heavy atom. The first kappa shape index (κ1) is 14.2. The number of carbonyl (C=O) groups is 1. The average molecular weight is 214 g/mol. The summed E-state index contributed by atoms with van der Waals surface area (Å²) in [6.45, 7) is 7.96. The standard InChI is InChI=1S/C12H22O3/c1-4-11(7-5-6-8-13)9-15-12(14)10(2)3/h11,13H,2,4-9H2,1,3H3. The van der Waals surface area contributed by atoms with Crippen molar-refractivity contribution in [2.24, 2.45) is 5.92 Å². The van der Waals surface area contributed by atoms with Crippen LogP contribution in [0.25, 0.3) is 0 Å². The van der Waals surface area contributed by atoms with Gasteiger partial charge in [-0.1, -0.05) is 26.3 Å². The molecule has 1 atom stereocenters. The van der Waals surface area contributed by atoms with Crippen molar-refractivity contribution >= 4 is 5.97 Å². The van der Waals surface area contributed by atoms with E-state index in [0.717, 1.165) is 25.7 Å². The van der Waals surface area contributed by atoms with Crippen LogP contribution in [0, 0.1) is 5.92 Å². The molecule has 1 N–H and O–H groups in total. The summed E-state index contributed by atoms with van der Waals surface area (Å²) in [5.74, 6) is 0.0930. The summed E-state index contributed by atoms with van der Waals surface area (Å²) in [5.41, 5.74) is 0.445. The van der Waals surface area contributed by atoms with Crippen molar-refractivity contribution in [3.05, 3.63) is 12.2 Å². The Hall–Kier alpha value is -0.830. The zero-order chi connectivity index (χ0) is 11.7. The first-order valence-corrected chi connectivity index (χ1v) is 5.55. The van der Waals surface area contributed by atoms with Crippen LogP contribution in [0.2, 0.25) is 0 Å². The van der Waals surface area contributed by atoms with Gasteiger partial charge in [0, 0.05) is 12.2 Å². The molecule has 0 heterocycles. The third kappa shape index (κ3) is 7.14. The summed E-state index contributed by atoms with van der Waals surface area (Å²) in [7, 11) is 0. The Morgan fingerprint density at radius 2 is 2.13 bits per heavy atom. The number of rotatable bonds is 8. The van der Waals surface area contributed by atoms with E-state index in [0.29, 0.717) is 18.1 Å². The number of ether oxygens (including phenoxy) is 1. The molecule has 15 heavy (non-hydrogen) atoms. The Kier molecular flexibility index (Phi) is 8.01. The highest BCUT2D eigenvalue weighted by molar-refractivity contribution is 5.86. The number of hydrogen-bond donors (Lipinski definition) is 1. The van der Waals surface area contributed by atoms with Crippen molar-refractivity contribution in [2.45, 2.75) is 39.5 Å². The van der Waals surface area contributed by atoms with Crippen LogP contribution in [0.5, 0.6) is 0 Å². The molecule has 0 aliphatic heterocycles. The third-order valence-corrected chi connectivity index (χ3v) is 2.40. The minimum Gasteiger partial charge on any atom is -0.462 e. The van der Waals surface area contributed by atoms with Gasteiger partial charge in [0.1, 0.15) is 0 Å². The molecular weight excluding hydrogens is 192 g/mol. The molecule has 0 rings (SSSR count). The van der Waals surface area contributed by atoms with E-state index in [9.17, 15) is 4.79 Å². The molecule has 3 heteroatoms. The maximum atomic E-state index is 11.1. The zero-order valence-electron chi connectivity index (χ0n) is 9.79. The van der Waals surface area contributed by atoms with Crippen molar-refractivity contribution < 1.29 is 14.6 Å². The van der Waals surface area contributed by atoms with Crippen molar-refractivity contribution in [2.75, 3.05) is 13.2 Å². The fourth-order valence-corrected chi connectivity index (χ4v) is 1.27. The number of hydrogen-bond acceptors (Lipinski definition) is 3. The highest BCUT2D eigenvalue weighted by atomic mass is 16.5. The normalized spacial score (nSPS) is 12.2. The molecule has 0 aromatic heterocycles. The Bertz CT molecular complexity index is 199. The van der Waals surface area contributed by atoms with Crippen molar-refractivity contribution in [1.29, 1.82) is 0 Å². The average Bonchev–Trinajstić information content (AvgIpc) is 2.22. The van der Waals surface area contributed by atoms with Crippen molar-refractivity contribution in [3.63, 3.8) is 0 Å². The number of unbranched alkanes of at least 4 members (excludes halogenated alkanes) is 1. The summed E-state index contributed by atoms with van der Waals surface area (Å²) in [5, 5.41) is 8.65. The molecular formula is C12H22O3. The Balaban J connectivity index is 3.69. The SMILES string of the molecule is C=C(C)C(=O)OCC(CC)CCCCO.